The number of benzene rings is 2. The van der Waals surface area contributed by atoms with Crippen molar-refractivity contribution in [2.24, 2.45) is 5.16 Å². The Morgan fingerprint density at radius 2 is 2.00 bits per heavy atom. The topological polar surface area (TPSA) is 35.8 Å². The SMILES string of the molecule is O/N=C1/CCN(Cc2cccc(F)c2Cl)c2ccccc21. The van der Waals surface area contributed by atoms with Gasteiger partial charge in [-0.1, -0.05) is 47.1 Å². The molecule has 0 bridgehead atoms. The van der Waals surface area contributed by atoms with Crippen molar-refractivity contribution < 1.29 is 9.60 Å². The Kier molecular flexibility index (Phi) is 3.80. The van der Waals surface area contributed by atoms with Crippen molar-refractivity contribution in [2.45, 2.75) is 13.0 Å². The summed E-state index contributed by atoms with van der Waals surface area (Å²) in [6, 6.07) is 12.6. The molecule has 108 valence electrons. The van der Waals surface area contributed by atoms with Gasteiger partial charge in [0.05, 0.1) is 10.7 Å². The fourth-order valence-electron chi connectivity index (χ4n) is 2.63. The molecular weight excluding hydrogens is 291 g/mol. The molecule has 3 nitrogen and oxygen atoms in total. The van der Waals surface area contributed by atoms with Gasteiger partial charge in [0.1, 0.15) is 5.82 Å². The van der Waals surface area contributed by atoms with Gasteiger partial charge in [0.25, 0.3) is 0 Å². The third-order valence-electron chi connectivity index (χ3n) is 3.69. The maximum Gasteiger partial charge on any atom is 0.142 e. The van der Waals surface area contributed by atoms with Crippen molar-refractivity contribution >= 4 is 23.0 Å². The van der Waals surface area contributed by atoms with E-state index in [1.165, 1.54) is 6.07 Å². The van der Waals surface area contributed by atoms with Gasteiger partial charge < -0.3 is 10.1 Å². The second-order valence-electron chi connectivity index (χ2n) is 4.95. The Morgan fingerprint density at radius 3 is 2.81 bits per heavy atom. The molecule has 0 aromatic heterocycles. The number of halogens is 2. The van der Waals surface area contributed by atoms with Gasteiger partial charge in [-0.15, -0.1) is 0 Å². The zero-order valence-corrected chi connectivity index (χ0v) is 12.0. The minimum absolute atomic E-state index is 0.164. The lowest BCUT2D eigenvalue weighted by Crippen LogP contribution is -2.32. The number of hydrogen-bond acceptors (Lipinski definition) is 3. The van der Waals surface area contributed by atoms with Gasteiger partial charge in [-0.05, 0) is 17.7 Å². The van der Waals surface area contributed by atoms with Crippen LogP contribution >= 0.6 is 11.6 Å². The quantitative estimate of drug-likeness (QED) is 0.670. The van der Waals surface area contributed by atoms with E-state index in [1.807, 2.05) is 30.3 Å². The van der Waals surface area contributed by atoms with Crippen LogP contribution in [0, 0.1) is 5.82 Å². The number of para-hydroxylation sites is 1. The number of oxime groups is 1. The predicted molar refractivity (Wildman–Crippen MR) is 81.8 cm³/mol. The zero-order valence-electron chi connectivity index (χ0n) is 11.3. The number of anilines is 1. The van der Waals surface area contributed by atoms with E-state index in [1.54, 1.807) is 6.07 Å². The summed E-state index contributed by atoms with van der Waals surface area (Å²) in [5.74, 6) is -0.405. The molecular formula is C16H14ClFN2O. The minimum Gasteiger partial charge on any atom is -0.411 e. The molecule has 3 rings (SSSR count). The predicted octanol–water partition coefficient (Wildman–Crippen LogP) is 4.07. The summed E-state index contributed by atoms with van der Waals surface area (Å²) >= 11 is 6.03. The molecule has 0 saturated carbocycles. The van der Waals surface area contributed by atoms with E-state index in [0.717, 1.165) is 16.8 Å². The van der Waals surface area contributed by atoms with Crippen LogP contribution < -0.4 is 4.90 Å². The molecule has 0 spiro atoms. The summed E-state index contributed by atoms with van der Waals surface area (Å²) in [5.41, 5.74) is 3.29. The van der Waals surface area contributed by atoms with E-state index >= 15 is 0 Å². The third-order valence-corrected chi connectivity index (χ3v) is 4.11. The molecule has 5 heteroatoms. The minimum atomic E-state index is -0.405. The van der Waals surface area contributed by atoms with Crippen molar-refractivity contribution in [3.05, 3.63) is 64.4 Å². The van der Waals surface area contributed by atoms with Gasteiger partial charge in [0.2, 0.25) is 0 Å². The van der Waals surface area contributed by atoms with Crippen molar-refractivity contribution in [3.8, 4) is 0 Å². The molecule has 1 N–H and O–H groups in total. The molecule has 21 heavy (non-hydrogen) atoms. The summed E-state index contributed by atoms with van der Waals surface area (Å²) in [7, 11) is 0. The first-order valence-corrected chi connectivity index (χ1v) is 7.06. The molecule has 0 atom stereocenters. The van der Waals surface area contributed by atoms with Crippen LogP contribution in [0.3, 0.4) is 0 Å². The molecule has 1 heterocycles. The fourth-order valence-corrected chi connectivity index (χ4v) is 2.82. The Hall–Kier alpha value is -2.07. The molecule has 1 aliphatic rings. The van der Waals surface area contributed by atoms with Crippen molar-refractivity contribution in [1.29, 1.82) is 0 Å². The van der Waals surface area contributed by atoms with Crippen LogP contribution in [-0.4, -0.2) is 17.5 Å². The number of nitrogens with zero attached hydrogens (tertiary/aromatic N) is 2. The van der Waals surface area contributed by atoms with Crippen LogP contribution in [0.2, 0.25) is 5.02 Å². The summed E-state index contributed by atoms with van der Waals surface area (Å²) in [5, 5.41) is 12.6. The first-order valence-electron chi connectivity index (χ1n) is 6.69. The Balaban J connectivity index is 1.96. The van der Waals surface area contributed by atoms with Crippen LogP contribution in [-0.2, 0) is 6.54 Å². The smallest absolute Gasteiger partial charge is 0.142 e. The van der Waals surface area contributed by atoms with Crippen LogP contribution in [0.5, 0.6) is 0 Å². The number of rotatable bonds is 2. The molecule has 2 aromatic rings. The van der Waals surface area contributed by atoms with E-state index in [4.69, 9.17) is 16.8 Å². The molecule has 0 saturated heterocycles. The zero-order chi connectivity index (χ0) is 14.8. The van der Waals surface area contributed by atoms with Gasteiger partial charge in [-0.3, -0.25) is 0 Å². The highest BCUT2D eigenvalue weighted by atomic mass is 35.5. The first kappa shape index (κ1) is 13.9. The van der Waals surface area contributed by atoms with Gasteiger partial charge in [0.15, 0.2) is 0 Å². The molecule has 0 unspecified atom stereocenters. The monoisotopic (exact) mass is 304 g/mol. The van der Waals surface area contributed by atoms with E-state index in [2.05, 4.69) is 10.1 Å². The lowest BCUT2D eigenvalue weighted by atomic mass is 9.99. The van der Waals surface area contributed by atoms with Crippen LogP contribution in [0.15, 0.2) is 47.6 Å². The number of fused-ring (bicyclic) bond motifs is 1. The summed E-state index contributed by atoms with van der Waals surface area (Å²) in [6.07, 6.45) is 0.639. The maximum absolute atomic E-state index is 13.5. The van der Waals surface area contributed by atoms with Gasteiger partial charge in [0, 0.05) is 30.8 Å². The Morgan fingerprint density at radius 1 is 1.19 bits per heavy atom. The highest BCUT2D eigenvalue weighted by Crippen LogP contribution is 2.30. The van der Waals surface area contributed by atoms with Crippen molar-refractivity contribution in [2.75, 3.05) is 11.4 Å². The van der Waals surface area contributed by atoms with Crippen molar-refractivity contribution in [3.63, 3.8) is 0 Å². The summed E-state index contributed by atoms with van der Waals surface area (Å²) in [4.78, 5) is 2.12. The molecule has 2 aromatic carbocycles. The lowest BCUT2D eigenvalue weighted by molar-refractivity contribution is 0.317. The largest absolute Gasteiger partial charge is 0.411 e. The van der Waals surface area contributed by atoms with Crippen LogP contribution in [0.1, 0.15) is 17.5 Å². The molecule has 0 fully saturated rings. The van der Waals surface area contributed by atoms with E-state index < -0.39 is 5.82 Å². The normalized spacial score (nSPS) is 16.1. The number of hydrogen-bond donors (Lipinski definition) is 1. The van der Waals surface area contributed by atoms with Crippen LogP contribution in [0.4, 0.5) is 10.1 Å². The average Bonchev–Trinajstić information content (AvgIpc) is 2.52. The second-order valence-corrected chi connectivity index (χ2v) is 5.33. The molecule has 0 radical (unpaired) electrons. The third kappa shape index (κ3) is 2.59. The Bertz CT molecular complexity index is 702. The Labute approximate surface area is 127 Å². The fraction of sp³-hybridized carbons (Fsp3) is 0.188. The van der Waals surface area contributed by atoms with E-state index in [-0.39, 0.29) is 5.02 Å². The van der Waals surface area contributed by atoms with Crippen LogP contribution in [0.25, 0.3) is 0 Å². The molecule has 1 aliphatic heterocycles. The summed E-state index contributed by atoms with van der Waals surface area (Å²) in [6.45, 7) is 1.22. The summed E-state index contributed by atoms with van der Waals surface area (Å²) < 4.78 is 13.5. The van der Waals surface area contributed by atoms with E-state index in [9.17, 15) is 4.39 Å². The second kappa shape index (κ2) is 5.74. The van der Waals surface area contributed by atoms with E-state index in [0.29, 0.717) is 25.2 Å². The first-order chi connectivity index (χ1) is 10.2. The molecule has 0 amide bonds. The highest BCUT2D eigenvalue weighted by Gasteiger charge is 2.22. The molecule has 0 aliphatic carbocycles. The van der Waals surface area contributed by atoms with Gasteiger partial charge in [-0.2, -0.15) is 0 Å². The highest BCUT2D eigenvalue weighted by molar-refractivity contribution is 6.31. The lowest BCUT2D eigenvalue weighted by Gasteiger charge is -2.31. The average molecular weight is 305 g/mol. The maximum atomic E-state index is 13.5. The standard InChI is InChI=1S/C16H14ClFN2O/c17-16-11(4-3-6-13(16)18)10-20-9-8-14(19-21)12-5-1-2-7-15(12)20/h1-7,21H,8-10H2/b19-14-. The van der Waals surface area contributed by atoms with Crippen molar-refractivity contribution in [1.82, 2.24) is 0 Å². The van der Waals surface area contributed by atoms with Gasteiger partial charge in [-0.25, -0.2) is 4.39 Å². The van der Waals surface area contributed by atoms with Gasteiger partial charge >= 0.3 is 0 Å².